The van der Waals surface area contributed by atoms with Gasteiger partial charge in [0.25, 0.3) is 0 Å². The van der Waals surface area contributed by atoms with E-state index in [4.69, 9.17) is 11.5 Å². The topological polar surface area (TPSA) is 337 Å². The number of aliphatic carboxylic acids is 1. The Morgan fingerprint density at radius 2 is 1.08 bits per heavy atom. The van der Waals surface area contributed by atoms with Crippen LogP contribution in [-0.4, -0.2) is 120 Å². The fourth-order valence-corrected chi connectivity index (χ4v) is 7.18. The SMILES string of the molecule is CC(C)[C@H](NC(=O)[C@H](Cc1c[nH]cn1)NC(=O)[C@@H](NC(=O)[C@@H](N)Cc1c[nH]cn1)C(C)C)C(=O)N[C@H](C(=O)N[C@@H](Cc1c[nH]c2ccccc12)C(=O)N[C@@H](CCCCN)C(=O)O)C(C)C. The molecule has 14 N–H and O–H groups in total. The molecule has 65 heavy (non-hydrogen) atoms. The molecule has 354 valence electrons. The molecule has 0 radical (unpaired) electrons. The lowest BCUT2D eigenvalue weighted by atomic mass is 9.98. The molecule has 0 fully saturated rings. The Morgan fingerprint density at radius 3 is 1.60 bits per heavy atom. The van der Waals surface area contributed by atoms with Gasteiger partial charge in [-0.1, -0.05) is 59.7 Å². The van der Waals surface area contributed by atoms with E-state index >= 15 is 0 Å². The summed E-state index contributed by atoms with van der Waals surface area (Å²) in [6.45, 7) is 10.6. The number of nitrogens with one attached hydrogen (secondary N) is 9. The zero-order valence-corrected chi connectivity index (χ0v) is 37.8. The number of hydrogen-bond donors (Lipinski definition) is 12. The predicted molar refractivity (Wildman–Crippen MR) is 241 cm³/mol. The van der Waals surface area contributed by atoms with Crippen LogP contribution in [0.5, 0.6) is 0 Å². The smallest absolute Gasteiger partial charge is 0.326 e. The van der Waals surface area contributed by atoms with Crippen LogP contribution in [0.1, 0.15) is 77.8 Å². The zero-order valence-electron chi connectivity index (χ0n) is 37.8. The average Bonchev–Trinajstić information content (AvgIpc) is 4.06. The summed E-state index contributed by atoms with van der Waals surface area (Å²) in [7, 11) is 0. The van der Waals surface area contributed by atoms with Gasteiger partial charge in [0, 0.05) is 48.8 Å². The number of nitrogens with zero attached hydrogens (tertiary/aromatic N) is 2. The van der Waals surface area contributed by atoms with Crippen molar-refractivity contribution in [3.05, 3.63) is 72.5 Å². The summed E-state index contributed by atoms with van der Waals surface area (Å²) in [5.74, 6) is -6.87. The first-order chi connectivity index (χ1) is 30.9. The van der Waals surface area contributed by atoms with E-state index in [0.717, 1.165) is 10.9 Å². The third kappa shape index (κ3) is 15.0. The molecule has 4 aromatic rings. The van der Waals surface area contributed by atoms with Crippen LogP contribution in [0, 0.1) is 17.8 Å². The number of amides is 6. The second kappa shape index (κ2) is 24.5. The van der Waals surface area contributed by atoms with Gasteiger partial charge in [0.05, 0.1) is 30.1 Å². The van der Waals surface area contributed by atoms with Gasteiger partial charge in [-0.05, 0) is 55.2 Å². The Kier molecular flexibility index (Phi) is 19.2. The van der Waals surface area contributed by atoms with E-state index in [2.05, 4.69) is 56.8 Å². The fraction of sp³-hybridized carbons (Fsp3) is 0.523. The van der Waals surface area contributed by atoms with Gasteiger partial charge in [0.15, 0.2) is 0 Å². The lowest BCUT2D eigenvalue weighted by Gasteiger charge is -2.30. The second-order valence-electron chi connectivity index (χ2n) is 17.2. The number of hydrogen-bond acceptors (Lipinski definition) is 11. The van der Waals surface area contributed by atoms with Crippen molar-refractivity contribution in [3.8, 4) is 0 Å². The highest BCUT2D eigenvalue weighted by molar-refractivity contribution is 5.97. The standard InChI is InChI=1S/C44H65N13O8/c1-23(2)35(55-38(58)30(46)16-27-19-47-21-50-27)41(61)54-34(17-28-20-48-22-51-28)40(60)56-37(25(5)6)43(63)57-36(24(3)4)42(62)53-33(15-26-18-49-31-12-8-7-11-29(26)31)39(59)52-32(44(64)65)13-9-10-14-45/h7-8,11-12,18-25,30,32-37,49H,9-10,13-17,45-46H2,1-6H3,(H,47,50)(H,48,51)(H,52,59)(H,53,62)(H,54,61)(H,55,58)(H,56,60)(H,57,63)(H,64,65)/t30-,32-,33-,34-,35-,36-,37-/m0/s1. The van der Waals surface area contributed by atoms with Gasteiger partial charge in [-0.25, -0.2) is 14.8 Å². The normalized spacial score (nSPS) is 14.8. The first-order valence-corrected chi connectivity index (χ1v) is 21.9. The fourth-order valence-electron chi connectivity index (χ4n) is 7.18. The number of carboxylic acid groups (broad SMARTS) is 1. The molecular weight excluding hydrogens is 839 g/mol. The highest BCUT2D eigenvalue weighted by atomic mass is 16.4. The summed E-state index contributed by atoms with van der Waals surface area (Å²) in [4.78, 5) is 112. The Morgan fingerprint density at radius 1 is 0.600 bits per heavy atom. The second-order valence-corrected chi connectivity index (χ2v) is 17.2. The van der Waals surface area contributed by atoms with Gasteiger partial charge >= 0.3 is 5.97 Å². The predicted octanol–water partition coefficient (Wildman–Crippen LogP) is 0.0597. The minimum absolute atomic E-state index is 0.0114. The first kappa shape index (κ1) is 51.0. The van der Waals surface area contributed by atoms with Crippen LogP contribution in [-0.2, 0) is 52.8 Å². The van der Waals surface area contributed by atoms with Gasteiger partial charge < -0.3 is 63.4 Å². The van der Waals surface area contributed by atoms with E-state index < -0.39 is 101 Å². The molecule has 0 unspecified atom stereocenters. The molecule has 7 atom stereocenters. The largest absolute Gasteiger partial charge is 0.480 e. The molecule has 6 amide bonds. The molecule has 0 saturated heterocycles. The number of aromatic amines is 3. The average molecular weight is 904 g/mol. The van der Waals surface area contributed by atoms with Crippen LogP contribution in [0.25, 0.3) is 10.9 Å². The van der Waals surface area contributed by atoms with Crippen LogP contribution in [0.2, 0.25) is 0 Å². The van der Waals surface area contributed by atoms with E-state index in [0.29, 0.717) is 36.3 Å². The molecule has 0 saturated carbocycles. The Bertz CT molecular complexity index is 2190. The third-order valence-corrected chi connectivity index (χ3v) is 11.0. The minimum Gasteiger partial charge on any atom is -0.480 e. The molecule has 4 rings (SSSR count). The molecule has 0 bridgehead atoms. The number of fused-ring (bicyclic) bond motifs is 1. The number of imidazole rings is 2. The van der Waals surface area contributed by atoms with E-state index in [1.807, 2.05) is 24.3 Å². The molecule has 0 aliphatic heterocycles. The number of aromatic nitrogens is 5. The lowest BCUT2D eigenvalue weighted by molar-refractivity contribution is -0.142. The van der Waals surface area contributed by atoms with Crippen molar-refractivity contribution in [2.24, 2.45) is 29.2 Å². The monoisotopic (exact) mass is 904 g/mol. The summed E-state index contributed by atoms with van der Waals surface area (Å²) >= 11 is 0. The van der Waals surface area contributed by atoms with Gasteiger partial charge in [-0.15, -0.1) is 0 Å². The van der Waals surface area contributed by atoms with Crippen molar-refractivity contribution in [1.82, 2.24) is 56.8 Å². The highest BCUT2D eigenvalue weighted by Gasteiger charge is 2.36. The number of H-pyrrole nitrogens is 3. The number of rotatable bonds is 26. The quantitative estimate of drug-likeness (QED) is 0.0373. The van der Waals surface area contributed by atoms with Crippen molar-refractivity contribution in [3.63, 3.8) is 0 Å². The van der Waals surface area contributed by atoms with Crippen LogP contribution in [0.15, 0.2) is 55.5 Å². The van der Waals surface area contributed by atoms with Gasteiger partial charge in [-0.3, -0.25) is 28.8 Å². The van der Waals surface area contributed by atoms with Gasteiger partial charge in [0.1, 0.15) is 36.3 Å². The summed E-state index contributed by atoms with van der Waals surface area (Å²) in [6.07, 6.45) is 8.91. The number of carboxylic acids is 1. The summed E-state index contributed by atoms with van der Waals surface area (Å²) in [5, 5.41) is 27.0. The Hall–Kier alpha value is -6.61. The van der Waals surface area contributed by atoms with E-state index in [9.17, 15) is 38.7 Å². The van der Waals surface area contributed by atoms with Gasteiger partial charge in [0.2, 0.25) is 35.4 Å². The number of nitrogens with two attached hydrogens (primary N) is 2. The number of carbonyl (C=O) groups excluding carboxylic acids is 6. The van der Waals surface area contributed by atoms with E-state index in [1.54, 1.807) is 60.1 Å². The molecule has 0 aliphatic rings. The molecule has 21 heteroatoms. The minimum atomic E-state index is -1.27. The van der Waals surface area contributed by atoms with Crippen molar-refractivity contribution < 1.29 is 38.7 Å². The number of para-hydroxylation sites is 1. The summed E-state index contributed by atoms with van der Waals surface area (Å²) in [6, 6.07) is -0.907. The third-order valence-electron chi connectivity index (χ3n) is 11.0. The van der Waals surface area contributed by atoms with E-state index in [1.165, 1.54) is 12.7 Å². The van der Waals surface area contributed by atoms with Crippen LogP contribution in [0.4, 0.5) is 0 Å². The molecular formula is C44H65N13O8. The summed E-state index contributed by atoms with van der Waals surface area (Å²) in [5.41, 5.74) is 14.2. The molecule has 3 aromatic heterocycles. The maximum atomic E-state index is 14.2. The van der Waals surface area contributed by atoms with Crippen molar-refractivity contribution in [1.29, 1.82) is 0 Å². The van der Waals surface area contributed by atoms with Crippen LogP contribution < -0.4 is 43.4 Å². The summed E-state index contributed by atoms with van der Waals surface area (Å²) < 4.78 is 0. The van der Waals surface area contributed by atoms with Crippen molar-refractivity contribution in [2.45, 2.75) is 122 Å². The molecule has 1 aromatic carbocycles. The zero-order chi connectivity index (χ0) is 47.8. The highest BCUT2D eigenvalue weighted by Crippen LogP contribution is 2.20. The molecule has 0 aliphatic carbocycles. The van der Waals surface area contributed by atoms with Gasteiger partial charge in [-0.2, -0.15) is 0 Å². The van der Waals surface area contributed by atoms with Crippen molar-refractivity contribution in [2.75, 3.05) is 6.54 Å². The molecule has 0 spiro atoms. The van der Waals surface area contributed by atoms with Crippen molar-refractivity contribution >= 4 is 52.3 Å². The maximum Gasteiger partial charge on any atom is 0.326 e. The molecule has 21 nitrogen and oxygen atoms in total. The maximum absolute atomic E-state index is 14.2. The molecule has 3 heterocycles. The van der Waals surface area contributed by atoms with E-state index in [-0.39, 0.29) is 25.7 Å². The van der Waals surface area contributed by atoms with Crippen LogP contribution in [0.3, 0.4) is 0 Å². The number of benzene rings is 1. The Balaban J connectivity index is 1.52. The Labute approximate surface area is 377 Å². The van der Waals surface area contributed by atoms with Crippen LogP contribution >= 0.6 is 0 Å². The number of carbonyl (C=O) groups is 7. The lowest BCUT2D eigenvalue weighted by Crippen LogP contribution is -2.62. The number of unbranched alkanes of at least 4 members (excludes halogenated alkanes) is 1. The first-order valence-electron chi connectivity index (χ1n) is 21.9.